The molecular weight excluding hydrogens is 436 g/mol. The lowest BCUT2D eigenvalue weighted by Gasteiger charge is -2.38. The number of hydrogen-bond acceptors (Lipinski definition) is 6. The van der Waals surface area contributed by atoms with E-state index in [4.69, 9.17) is 9.16 Å². The van der Waals surface area contributed by atoms with Crippen LogP contribution in [0.2, 0.25) is 18.1 Å². The number of anilines is 1. The average molecular weight is 472 g/mol. The van der Waals surface area contributed by atoms with Gasteiger partial charge < -0.3 is 24.5 Å². The summed E-state index contributed by atoms with van der Waals surface area (Å²) in [5.41, 5.74) is 2.63. The van der Waals surface area contributed by atoms with Crippen LogP contribution < -0.4 is 9.96 Å². The van der Waals surface area contributed by atoms with Crippen LogP contribution in [0.4, 0.5) is 5.69 Å². The molecule has 0 unspecified atom stereocenters. The summed E-state index contributed by atoms with van der Waals surface area (Å²) in [6.07, 6.45) is 1.33. The third-order valence-corrected chi connectivity index (χ3v) is 11.4. The number of amides is 1. The second-order valence-electron chi connectivity index (χ2n) is 10.1. The predicted octanol–water partition coefficient (Wildman–Crippen LogP) is 5.57. The van der Waals surface area contributed by atoms with Crippen molar-refractivity contribution in [2.45, 2.75) is 64.3 Å². The van der Waals surface area contributed by atoms with Crippen molar-refractivity contribution >= 4 is 19.9 Å². The molecule has 7 nitrogen and oxygen atoms in total. The fourth-order valence-electron chi connectivity index (χ4n) is 3.77. The first kappa shape index (κ1) is 25.2. The molecule has 1 fully saturated rings. The summed E-state index contributed by atoms with van der Waals surface area (Å²) < 4.78 is 12.0. The van der Waals surface area contributed by atoms with Crippen LogP contribution in [0.25, 0.3) is 11.1 Å². The van der Waals surface area contributed by atoms with E-state index in [2.05, 4.69) is 33.9 Å². The standard InChI is InChI=1S/C25H35N2O5Si/c1-25(2,3)33(5,6)32-17-21-11-13-24(28)26(21)16-18-10-12-23(31-4)22(14-18)19-8-7-9-20(15-19)27(29)30/h7-10,12,14-15,21,29H,11,13,16-17H2,1-6H3/q-1/t21-/m0/s1. The highest BCUT2D eigenvalue weighted by Gasteiger charge is 2.39. The van der Waals surface area contributed by atoms with Gasteiger partial charge in [0.25, 0.3) is 0 Å². The van der Waals surface area contributed by atoms with Crippen molar-refractivity contribution in [1.29, 1.82) is 0 Å². The molecule has 1 saturated heterocycles. The van der Waals surface area contributed by atoms with Gasteiger partial charge in [-0.2, -0.15) is 0 Å². The normalized spacial score (nSPS) is 16.9. The van der Waals surface area contributed by atoms with Gasteiger partial charge in [-0.1, -0.05) is 39.0 Å². The molecule has 1 amide bonds. The summed E-state index contributed by atoms with van der Waals surface area (Å²) in [5.74, 6) is 0.789. The van der Waals surface area contributed by atoms with Crippen molar-refractivity contribution < 1.29 is 19.2 Å². The van der Waals surface area contributed by atoms with Gasteiger partial charge >= 0.3 is 0 Å². The van der Waals surface area contributed by atoms with Crippen LogP contribution in [0.1, 0.15) is 39.2 Å². The summed E-state index contributed by atoms with van der Waals surface area (Å²) in [6, 6.07) is 12.5. The molecule has 33 heavy (non-hydrogen) atoms. The van der Waals surface area contributed by atoms with E-state index in [0.717, 1.165) is 23.1 Å². The van der Waals surface area contributed by atoms with Crippen molar-refractivity contribution in [2.75, 3.05) is 18.9 Å². The minimum atomic E-state index is -1.90. The molecule has 1 heterocycles. The second kappa shape index (κ2) is 9.85. The zero-order valence-electron chi connectivity index (χ0n) is 20.4. The topological polar surface area (TPSA) is 85.3 Å². The van der Waals surface area contributed by atoms with E-state index >= 15 is 0 Å². The first-order chi connectivity index (χ1) is 15.4. The summed E-state index contributed by atoms with van der Waals surface area (Å²) >= 11 is 0. The van der Waals surface area contributed by atoms with Gasteiger partial charge in [0, 0.05) is 18.5 Å². The molecule has 0 spiro atoms. The number of hydrogen-bond donors (Lipinski definition) is 1. The van der Waals surface area contributed by atoms with Gasteiger partial charge in [0.1, 0.15) is 5.75 Å². The van der Waals surface area contributed by atoms with Crippen LogP contribution in [0.3, 0.4) is 0 Å². The van der Waals surface area contributed by atoms with Crippen molar-refractivity contribution in [3.05, 3.63) is 53.2 Å². The predicted molar refractivity (Wildman–Crippen MR) is 133 cm³/mol. The monoisotopic (exact) mass is 471 g/mol. The smallest absolute Gasteiger partial charge is 0.223 e. The lowest BCUT2D eigenvalue weighted by molar-refractivity contribution is -0.130. The lowest BCUT2D eigenvalue weighted by atomic mass is 10.0. The Kier molecular flexibility index (Phi) is 7.53. The first-order valence-corrected chi connectivity index (χ1v) is 14.2. The molecule has 1 N–H and O–H groups in total. The number of benzene rings is 2. The Morgan fingerprint density at radius 2 is 1.94 bits per heavy atom. The Hall–Kier alpha value is -2.39. The molecule has 2 aromatic rings. The number of rotatable bonds is 8. The zero-order valence-corrected chi connectivity index (χ0v) is 21.4. The molecule has 2 aromatic carbocycles. The fraction of sp³-hybridized carbons (Fsp3) is 0.480. The highest BCUT2D eigenvalue weighted by molar-refractivity contribution is 6.74. The number of likely N-dealkylation sites (tertiary alicyclic amines) is 1. The number of methoxy groups -OCH3 is 1. The number of nitrogens with zero attached hydrogens (tertiary/aromatic N) is 2. The van der Waals surface area contributed by atoms with Gasteiger partial charge in [0.2, 0.25) is 5.91 Å². The van der Waals surface area contributed by atoms with Gasteiger partial charge in [-0.25, -0.2) is 0 Å². The zero-order chi connectivity index (χ0) is 24.4. The van der Waals surface area contributed by atoms with Gasteiger partial charge in [-0.3, -0.25) is 10.0 Å². The highest BCUT2D eigenvalue weighted by atomic mass is 28.4. The maximum Gasteiger partial charge on any atom is 0.223 e. The lowest BCUT2D eigenvalue weighted by Crippen LogP contribution is -2.45. The Labute approximate surface area is 197 Å². The average Bonchev–Trinajstić information content (AvgIpc) is 3.11. The van der Waals surface area contributed by atoms with Crippen molar-refractivity contribution in [3.8, 4) is 16.9 Å². The van der Waals surface area contributed by atoms with Crippen LogP contribution in [0, 0.1) is 5.21 Å². The maximum atomic E-state index is 12.7. The molecule has 1 aliphatic heterocycles. The molecule has 0 aromatic heterocycles. The molecule has 1 atom stereocenters. The van der Waals surface area contributed by atoms with E-state index in [0.29, 0.717) is 25.3 Å². The van der Waals surface area contributed by atoms with E-state index in [9.17, 15) is 15.2 Å². The van der Waals surface area contributed by atoms with Crippen LogP contribution in [0.15, 0.2) is 42.5 Å². The molecule has 180 valence electrons. The van der Waals surface area contributed by atoms with E-state index in [1.165, 1.54) is 6.07 Å². The van der Waals surface area contributed by atoms with Crippen LogP contribution in [-0.2, 0) is 15.8 Å². The van der Waals surface area contributed by atoms with Crippen LogP contribution in [0.5, 0.6) is 5.75 Å². The Balaban J connectivity index is 1.82. The molecule has 8 heteroatoms. The Bertz CT molecular complexity index is 987. The number of carbonyl (C=O) groups is 1. The van der Waals surface area contributed by atoms with Crippen LogP contribution >= 0.6 is 0 Å². The molecular formula is C25H35N2O5Si-. The minimum Gasteiger partial charge on any atom is -0.733 e. The fourth-order valence-corrected chi connectivity index (χ4v) is 4.82. The molecule has 0 bridgehead atoms. The van der Waals surface area contributed by atoms with Gasteiger partial charge in [0.15, 0.2) is 8.32 Å². The summed E-state index contributed by atoms with van der Waals surface area (Å²) in [4.78, 5) is 14.6. The van der Waals surface area contributed by atoms with Crippen molar-refractivity contribution in [1.82, 2.24) is 4.90 Å². The number of ether oxygens (including phenoxy) is 1. The van der Waals surface area contributed by atoms with Crippen LogP contribution in [-0.4, -0.2) is 44.1 Å². The van der Waals surface area contributed by atoms with Gasteiger partial charge in [-0.15, -0.1) is 0 Å². The third kappa shape index (κ3) is 5.76. The third-order valence-electron chi connectivity index (χ3n) is 6.89. The van der Waals surface area contributed by atoms with Gasteiger partial charge in [0.05, 0.1) is 25.4 Å². The summed E-state index contributed by atoms with van der Waals surface area (Å²) in [6.45, 7) is 12.1. The van der Waals surface area contributed by atoms with E-state index in [1.54, 1.807) is 19.2 Å². The van der Waals surface area contributed by atoms with E-state index in [1.807, 2.05) is 29.2 Å². The van der Waals surface area contributed by atoms with E-state index in [-0.39, 0.29) is 27.9 Å². The largest absolute Gasteiger partial charge is 0.733 e. The SMILES string of the molecule is COc1ccc(CN2C(=O)CC[C@H]2CO[Si](C)(C)C(C)(C)C)cc1-c1cccc(N([O-])O)c1. The second-order valence-corrected chi connectivity index (χ2v) is 15.0. The highest BCUT2D eigenvalue weighted by Crippen LogP contribution is 2.38. The molecule has 1 aliphatic rings. The maximum absolute atomic E-state index is 12.7. The first-order valence-electron chi connectivity index (χ1n) is 11.3. The molecule has 0 aliphatic carbocycles. The summed E-state index contributed by atoms with van der Waals surface area (Å²) in [7, 11) is -0.311. The molecule has 3 rings (SSSR count). The Morgan fingerprint density at radius 3 is 2.58 bits per heavy atom. The molecule has 0 radical (unpaired) electrons. The van der Waals surface area contributed by atoms with Gasteiger partial charge in [-0.05, 0) is 59.9 Å². The number of carbonyl (C=O) groups excluding carboxylic acids is 1. The van der Waals surface area contributed by atoms with Crippen molar-refractivity contribution in [2.24, 2.45) is 0 Å². The summed E-state index contributed by atoms with van der Waals surface area (Å²) in [5, 5.41) is 20.6. The minimum absolute atomic E-state index is 0.0592. The van der Waals surface area contributed by atoms with E-state index < -0.39 is 8.32 Å². The quantitative estimate of drug-likeness (QED) is 0.400. The molecule has 0 saturated carbocycles. The van der Waals surface area contributed by atoms with Crippen molar-refractivity contribution in [3.63, 3.8) is 0 Å². The Morgan fingerprint density at radius 1 is 1.21 bits per heavy atom.